The summed E-state index contributed by atoms with van der Waals surface area (Å²) in [5.41, 5.74) is 1.51. The fourth-order valence-electron chi connectivity index (χ4n) is 3.02. The fourth-order valence-corrected chi connectivity index (χ4v) is 3.02. The summed E-state index contributed by atoms with van der Waals surface area (Å²) in [6.07, 6.45) is 22.6. The Morgan fingerprint density at radius 1 is 0.727 bits per heavy atom. The maximum atomic E-state index is 2.36. The topological polar surface area (TPSA) is 3.88 Å². The molecule has 0 atom stereocenters. The predicted molar refractivity (Wildman–Crippen MR) is 97.1 cm³/mol. The highest BCUT2D eigenvalue weighted by molar-refractivity contribution is 5.05. The summed E-state index contributed by atoms with van der Waals surface area (Å²) < 4.78 is 2.36. The van der Waals surface area contributed by atoms with E-state index in [0.29, 0.717) is 0 Å². The molecule has 0 aliphatic rings. The molecule has 1 aromatic heterocycles. The zero-order valence-corrected chi connectivity index (χ0v) is 15.2. The van der Waals surface area contributed by atoms with Gasteiger partial charge in [0.15, 0.2) is 12.4 Å². The Balaban J connectivity index is 2.00. The number of unbranched alkanes of at least 4 members (excludes halogenated alkanes) is 10. The minimum Gasteiger partial charge on any atom is -0.205 e. The molecule has 0 spiro atoms. The third-order valence-electron chi connectivity index (χ3n) is 4.51. The smallest absolute Gasteiger partial charge is 0.171 e. The molecule has 0 saturated carbocycles. The Hall–Kier alpha value is -0.850. The molecule has 0 N–H and O–H groups in total. The number of aryl methyl sites for hydroxylation is 2. The van der Waals surface area contributed by atoms with Crippen LogP contribution < -0.4 is 4.57 Å². The average Bonchev–Trinajstić information content (AvgIpc) is 2.55. The van der Waals surface area contributed by atoms with E-state index in [1.54, 1.807) is 0 Å². The van der Waals surface area contributed by atoms with E-state index in [-0.39, 0.29) is 0 Å². The molecule has 1 aromatic rings. The molecular weight excluding hydrogens is 266 g/mol. The van der Waals surface area contributed by atoms with Crippen LogP contribution in [0.1, 0.15) is 96.5 Å². The van der Waals surface area contributed by atoms with Gasteiger partial charge in [-0.1, -0.05) is 78.1 Å². The second-order valence-corrected chi connectivity index (χ2v) is 6.74. The lowest BCUT2D eigenvalue weighted by Gasteiger charge is -2.03. The van der Waals surface area contributed by atoms with Crippen molar-refractivity contribution in [3.05, 3.63) is 30.1 Å². The number of hydrogen-bond donors (Lipinski definition) is 0. The third kappa shape index (κ3) is 9.97. The van der Waals surface area contributed by atoms with Crippen molar-refractivity contribution >= 4 is 0 Å². The number of pyridine rings is 1. The Morgan fingerprint density at radius 3 is 1.95 bits per heavy atom. The van der Waals surface area contributed by atoms with Crippen LogP contribution in [0.15, 0.2) is 24.5 Å². The first-order chi connectivity index (χ1) is 10.9. The zero-order valence-electron chi connectivity index (χ0n) is 15.2. The van der Waals surface area contributed by atoms with Crippen molar-refractivity contribution in [3.63, 3.8) is 0 Å². The quantitative estimate of drug-likeness (QED) is 0.283. The van der Waals surface area contributed by atoms with Crippen molar-refractivity contribution < 1.29 is 4.57 Å². The molecule has 0 aromatic carbocycles. The van der Waals surface area contributed by atoms with Gasteiger partial charge < -0.3 is 0 Å². The normalized spacial score (nSPS) is 11.0. The lowest BCUT2D eigenvalue weighted by atomic mass is 10.0. The van der Waals surface area contributed by atoms with Crippen LogP contribution in [0.25, 0.3) is 0 Å². The van der Waals surface area contributed by atoms with Gasteiger partial charge in [0, 0.05) is 18.1 Å². The number of hydrogen-bond acceptors (Lipinski definition) is 0. The van der Waals surface area contributed by atoms with Crippen LogP contribution in [0.2, 0.25) is 0 Å². The summed E-state index contributed by atoms with van der Waals surface area (Å²) >= 11 is 0. The van der Waals surface area contributed by atoms with Gasteiger partial charge in [0.1, 0.15) is 6.54 Å². The van der Waals surface area contributed by atoms with E-state index in [0.717, 1.165) is 0 Å². The monoisotopic (exact) mass is 304 g/mol. The number of nitrogens with zero attached hydrogens (tertiary/aromatic N) is 1. The van der Waals surface area contributed by atoms with Gasteiger partial charge in [0.25, 0.3) is 0 Å². The SMILES string of the molecule is CCCCCCCCCCCCc1ccc[n+](CCCC)c1. The van der Waals surface area contributed by atoms with E-state index >= 15 is 0 Å². The summed E-state index contributed by atoms with van der Waals surface area (Å²) in [5, 5.41) is 0. The van der Waals surface area contributed by atoms with Crippen LogP contribution in [0, 0.1) is 0 Å². The van der Waals surface area contributed by atoms with Crippen molar-refractivity contribution in [2.45, 2.75) is 104 Å². The highest BCUT2D eigenvalue weighted by atomic mass is 14.9. The number of rotatable bonds is 14. The Morgan fingerprint density at radius 2 is 1.32 bits per heavy atom. The number of aromatic nitrogens is 1. The maximum absolute atomic E-state index is 2.36. The van der Waals surface area contributed by atoms with Gasteiger partial charge >= 0.3 is 0 Å². The van der Waals surface area contributed by atoms with Crippen LogP contribution in [0.4, 0.5) is 0 Å². The van der Waals surface area contributed by atoms with Crippen LogP contribution in [-0.2, 0) is 13.0 Å². The van der Waals surface area contributed by atoms with Crippen LogP contribution in [0.5, 0.6) is 0 Å². The van der Waals surface area contributed by atoms with Gasteiger partial charge in [-0.3, -0.25) is 0 Å². The molecule has 0 fully saturated rings. The standard InChI is InChI=1S/C21H38N/c1-3-5-7-8-9-10-11-12-13-14-16-21-17-15-19-22(20-21)18-6-4-2/h15,17,19-20H,3-14,16,18H2,1-2H3/q+1. The first-order valence-electron chi connectivity index (χ1n) is 9.84. The molecular formula is C21H38N+. The van der Waals surface area contributed by atoms with Gasteiger partial charge in [-0.2, -0.15) is 0 Å². The van der Waals surface area contributed by atoms with Crippen LogP contribution in [0.3, 0.4) is 0 Å². The van der Waals surface area contributed by atoms with E-state index in [2.05, 4.69) is 42.9 Å². The van der Waals surface area contributed by atoms with Crippen molar-refractivity contribution in [3.8, 4) is 0 Å². The van der Waals surface area contributed by atoms with Gasteiger partial charge in [0.05, 0.1) is 0 Å². The maximum Gasteiger partial charge on any atom is 0.171 e. The average molecular weight is 305 g/mol. The molecule has 0 radical (unpaired) electrons. The van der Waals surface area contributed by atoms with Crippen molar-refractivity contribution in [1.29, 1.82) is 0 Å². The summed E-state index contributed by atoms with van der Waals surface area (Å²) in [6, 6.07) is 4.50. The van der Waals surface area contributed by atoms with E-state index in [4.69, 9.17) is 0 Å². The Kier molecular flexibility index (Phi) is 12.0. The molecule has 0 aliphatic carbocycles. The fraction of sp³-hybridized carbons (Fsp3) is 0.762. The highest BCUT2D eigenvalue weighted by Gasteiger charge is 2.02. The molecule has 1 rings (SSSR count). The summed E-state index contributed by atoms with van der Waals surface area (Å²) in [6.45, 7) is 5.72. The molecule has 0 unspecified atom stereocenters. The third-order valence-corrected chi connectivity index (χ3v) is 4.51. The second kappa shape index (κ2) is 13.8. The first kappa shape index (κ1) is 19.2. The molecule has 0 saturated heterocycles. The molecule has 0 aliphatic heterocycles. The van der Waals surface area contributed by atoms with Gasteiger partial charge in [-0.25, -0.2) is 4.57 Å². The molecule has 0 bridgehead atoms. The highest BCUT2D eigenvalue weighted by Crippen LogP contribution is 2.11. The minimum absolute atomic E-state index is 1.17. The van der Waals surface area contributed by atoms with E-state index < -0.39 is 0 Å². The predicted octanol–water partition coefficient (Wildman–Crippen LogP) is 6.24. The molecule has 0 amide bonds. The minimum atomic E-state index is 1.17. The van der Waals surface area contributed by atoms with Crippen LogP contribution in [-0.4, -0.2) is 0 Å². The van der Waals surface area contributed by atoms with E-state index in [9.17, 15) is 0 Å². The van der Waals surface area contributed by atoms with Crippen molar-refractivity contribution in [2.75, 3.05) is 0 Å². The first-order valence-corrected chi connectivity index (χ1v) is 9.84. The van der Waals surface area contributed by atoms with Gasteiger partial charge in [0.2, 0.25) is 0 Å². The lowest BCUT2D eigenvalue weighted by Crippen LogP contribution is -2.33. The largest absolute Gasteiger partial charge is 0.205 e. The molecule has 22 heavy (non-hydrogen) atoms. The summed E-state index contributed by atoms with van der Waals surface area (Å²) in [4.78, 5) is 0. The van der Waals surface area contributed by atoms with Gasteiger partial charge in [-0.15, -0.1) is 0 Å². The molecule has 126 valence electrons. The van der Waals surface area contributed by atoms with Crippen LogP contribution >= 0.6 is 0 Å². The van der Waals surface area contributed by atoms with Crippen molar-refractivity contribution in [2.24, 2.45) is 0 Å². The van der Waals surface area contributed by atoms with E-state index in [1.165, 1.54) is 95.6 Å². The Bertz CT molecular complexity index is 359. The Labute approximate surface area is 139 Å². The molecule has 1 nitrogen and oxygen atoms in total. The van der Waals surface area contributed by atoms with E-state index in [1.807, 2.05) is 0 Å². The lowest BCUT2D eigenvalue weighted by molar-refractivity contribution is -0.697. The second-order valence-electron chi connectivity index (χ2n) is 6.74. The molecule has 1 heterocycles. The summed E-state index contributed by atoms with van der Waals surface area (Å²) in [5.74, 6) is 0. The van der Waals surface area contributed by atoms with Crippen molar-refractivity contribution in [1.82, 2.24) is 0 Å². The molecule has 1 heteroatoms. The summed E-state index contributed by atoms with van der Waals surface area (Å²) in [7, 11) is 0. The van der Waals surface area contributed by atoms with Gasteiger partial charge in [-0.05, 0) is 18.9 Å². The zero-order chi connectivity index (χ0) is 15.9.